The van der Waals surface area contributed by atoms with Crippen LogP contribution >= 0.6 is 0 Å². The van der Waals surface area contributed by atoms with Gasteiger partial charge < -0.3 is 35.3 Å². The number of nitrogen functional groups attached to an aromatic ring is 1. The Morgan fingerprint density at radius 3 is 2.58 bits per heavy atom. The molecule has 1 aromatic heterocycles. The highest BCUT2D eigenvalue weighted by Gasteiger charge is 2.27. The van der Waals surface area contributed by atoms with Gasteiger partial charge >= 0.3 is 0 Å². The van der Waals surface area contributed by atoms with Crippen LogP contribution in [-0.4, -0.2) is 103 Å². The summed E-state index contributed by atoms with van der Waals surface area (Å²) in [6.45, 7) is 11.8. The fourth-order valence-corrected chi connectivity index (χ4v) is 6.74. The lowest BCUT2D eigenvalue weighted by Crippen LogP contribution is -2.38. The minimum Gasteiger partial charge on any atom is -0.396 e. The quantitative estimate of drug-likeness (QED) is 0.465. The number of rotatable bonds is 8. The molecule has 40 heavy (non-hydrogen) atoms. The number of aliphatic hydroxyl groups excluding tert-OH is 1. The number of benzene rings is 1. The molecule has 4 heterocycles. The first kappa shape index (κ1) is 27.4. The first-order valence-corrected chi connectivity index (χ1v) is 15.3. The lowest BCUT2D eigenvalue weighted by molar-refractivity contribution is 0.0367. The summed E-state index contributed by atoms with van der Waals surface area (Å²) in [6.07, 6.45) is 13.7. The molecule has 0 spiro atoms. The largest absolute Gasteiger partial charge is 0.396 e. The normalized spacial score (nSPS) is 23.1. The standard InChI is InChI=1S/C32H46N6O2/c33-30-28-24-26(34-12-19-36-17-10-27(39)11-18-36)8-9-29(28)38-16-5-15-37(14-4-13-35-20-22-40-23-21-35)31(32(30)38)25-6-2-1-3-7-25/h1-3,6,8-9,24,27,34,39H,4-5,7,10-23,33H2/b31-25+. The second-order valence-corrected chi connectivity index (χ2v) is 11.7. The molecule has 2 aromatic rings. The number of aromatic nitrogens is 1. The van der Waals surface area contributed by atoms with Crippen LogP contribution in [0.15, 0.2) is 48.1 Å². The summed E-state index contributed by atoms with van der Waals surface area (Å²) in [7, 11) is 0. The number of hydrogen-bond acceptors (Lipinski definition) is 7. The van der Waals surface area contributed by atoms with E-state index in [1.54, 1.807) is 0 Å². The molecule has 216 valence electrons. The minimum absolute atomic E-state index is 0.125. The molecule has 0 radical (unpaired) electrons. The predicted molar refractivity (Wildman–Crippen MR) is 164 cm³/mol. The number of aliphatic hydroxyl groups is 1. The van der Waals surface area contributed by atoms with Crippen molar-refractivity contribution in [2.45, 2.75) is 44.8 Å². The van der Waals surface area contributed by atoms with Crippen molar-refractivity contribution in [1.82, 2.24) is 19.3 Å². The topological polar surface area (TPSA) is 82.2 Å². The molecule has 2 fully saturated rings. The number of nitrogens with zero attached hydrogens (tertiary/aromatic N) is 4. The maximum atomic E-state index is 9.78. The van der Waals surface area contributed by atoms with Gasteiger partial charge in [-0.25, -0.2) is 0 Å². The molecule has 4 aliphatic rings. The van der Waals surface area contributed by atoms with E-state index in [4.69, 9.17) is 10.5 Å². The molecule has 1 aromatic carbocycles. The van der Waals surface area contributed by atoms with Crippen LogP contribution in [0.1, 0.15) is 37.8 Å². The third-order valence-corrected chi connectivity index (χ3v) is 8.96. The summed E-state index contributed by atoms with van der Waals surface area (Å²) in [4.78, 5) is 7.58. The van der Waals surface area contributed by atoms with Crippen molar-refractivity contribution in [2.24, 2.45) is 0 Å². The van der Waals surface area contributed by atoms with Gasteiger partial charge in [0.1, 0.15) is 0 Å². The zero-order valence-electron chi connectivity index (χ0n) is 23.9. The van der Waals surface area contributed by atoms with E-state index in [1.165, 1.54) is 22.5 Å². The molecule has 0 bridgehead atoms. The van der Waals surface area contributed by atoms with Gasteiger partial charge in [0.2, 0.25) is 0 Å². The van der Waals surface area contributed by atoms with E-state index in [2.05, 4.69) is 67.1 Å². The average molecular weight is 547 g/mol. The number of aryl methyl sites for hydroxylation is 1. The Morgan fingerprint density at radius 2 is 1.77 bits per heavy atom. The number of morpholine rings is 1. The molecule has 8 heteroatoms. The van der Waals surface area contributed by atoms with E-state index in [1.807, 2.05) is 0 Å². The summed E-state index contributed by atoms with van der Waals surface area (Å²) in [6, 6.07) is 6.70. The molecule has 0 unspecified atom stereocenters. The molecule has 8 nitrogen and oxygen atoms in total. The second-order valence-electron chi connectivity index (χ2n) is 11.7. The Morgan fingerprint density at radius 1 is 0.950 bits per heavy atom. The summed E-state index contributed by atoms with van der Waals surface area (Å²) in [5.74, 6) is 0. The second kappa shape index (κ2) is 12.8. The lowest BCUT2D eigenvalue weighted by Gasteiger charge is -2.31. The van der Waals surface area contributed by atoms with Crippen LogP contribution in [-0.2, 0) is 11.3 Å². The molecule has 6 rings (SSSR count). The van der Waals surface area contributed by atoms with Crippen molar-refractivity contribution in [3.05, 3.63) is 53.8 Å². The summed E-state index contributed by atoms with van der Waals surface area (Å²) in [5, 5.41) is 14.6. The van der Waals surface area contributed by atoms with E-state index in [9.17, 15) is 5.11 Å². The summed E-state index contributed by atoms with van der Waals surface area (Å²) >= 11 is 0. The summed E-state index contributed by atoms with van der Waals surface area (Å²) < 4.78 is 8.02. The SMILES string of the molecule is Nc1c2n(c3ccc(NCCN4CCC(O)CC4)cc13)CCCN(CCCN1CCOCC1)/C2=C1\C=CC=CC1. The fraction of sp³-hybridized carbons (Fsp3) is 0.562. The van der Waals surface area contributed by atoms with Gasteiger partial charge in [-0.1, -0.05) is 24.3 Å². The van der Waals surface area contributed by atoms with Crippen LogP contribution in [0.4, 0.5) is 11.4 Å². The third-order valence-electron chi connectivity index (χ3n) is 8.96. The van der Waals surface area contributed by atoms with Gasteiger partial charge in [-0.2, -0.15) is 0 Å². The number of nitrogens with two attached hydrogens (primary N) is 1. The van der Waals surface area contributed by atoms with Gasteiger partial charge in [0.05, 0.1) is 41.9 Å². The molecular weight excluding hydrogens is 500 g/mol. The van der Waals surface area contributed by atoms with Crippen LogP contribution in [0.5, 0.6) is 0 Å². The molecular formula is C32H46N6O2. The van der Waals surface area contributed by atoms with E-state index >= 15 is 0 Å². The molecule has 1 aliphatic carbocycles. The van der Waals surface area contributed by atoms with Gasteiger partial charge in [-0.15, -0.1) is 0 Å². The smallest absolute Gasteiger partial charge is 0.0892 e. The molecule has 0 saturated carbocycles. The fourth-order valence-electron chi connectivity index (χ4n) is 6.74. The Labute approximate surface area is 238 Å². The predicted octanol–water partition coefficient (Wildman–Crippen LogP) is 3.75. The monoisotopic (exact) mass is 546 g/mol. The molecule has 2 saturated heterocycles. The molecule has 3 aliphatic heterocycles. The highest BCUT2D eigenvalue weighted by molar-refractivity contribution is 6.00. The Hall–Kier alpha value is -2.78. The highest BCUT2D eigenvalue weighted by Crippen LogP contribution is 2.40. The van der Waals surface area contributed by atoms with Crippen molar-refractivity contribution in [1.29, 1.82) is 0 Å². The van der Waals surface area contributed by atoms with Crippen LogP contribution < -0.4 is 11.1 Å². The van der Waals surface area contributed by atoms with Gasteiger partial charge in [0.15, 0.2) is 0 Å². The minimum atomic E-state index is -0.125. The number of fused-ring (bicyclic) bond motifs is 3. The van der Waals surface area contributed by atoms with Crippen LogP contribution in [0.25, 0.3) is 16.6 Å². The zero-order valence-corrected chi connectivity index (χ0v) is 23.9. The van der Waals surface area contributed by atoms with Gasteiger partial charge in [-0.05, 0) is 55.9 Å². The molecule has 4 N–H and O–H groups in total. The number of ether oxygens (including phenoxy) is 1. The first-order chi connectivity index (χ1) is 19.7. The van der Waals surface area contributed by atoms with Gasteiger partial charge in [0, 0.05) is 76.5 Å². The Kier molecular flexibility index (Phi) is 8.77. The van der Waals surface area contributed by atoms with E-state index < -0.39 is 0 Å². The number of hydrogen-bond donors (Lipinski definition) is 3. The van der Waals surface area contributed by atoms with Crippen molar-refractivity contribution in [2.75, 3.05) is 83.2 Å². The zero-order chi connectivity index (χ0) is 27.3. The van der Waals surface area contributed by atoms with E-state index in [0.29, 0.717) is 0 Å². The third kappa shape index (κ3) is 6.10. The first-order valence-electron chi connectivity index (χ1n) is 15.3. The van der Waals surface area contributed by atoms with Gasteiger partial charge in [0.25, 0.3) is 0 Å². The van der Waals surface area contributed by atoms with Crippen LogP contribution in [0, 0.1) is 0 Å². The van der Waals surface area contributed by atoms with Crippen molar-refractivity contribution >= 4 is 28.0 Å². The highest BCUT2D eigenvalue weighted by atomic mass is 16.5. The maximum absolute atomic E-state index is 9.78. The number of likely N-dealkylation sites (tertiary alicyclic amines) is 1. The number of nitrogens with one attached hydrogen (secondary N) is 1. The number of allylic oxidation sites excluding steroid dienone is 5. The lowest BCUT2D eigenvalue weighted by atomic mass is 10.0. The van der Waals surface area contributed by atoms with Crippen molar-refractivity contribution in [3.63, 3.8) is 0 Å². The number of piperidine rings is 1. The van der Waals surface area contributed by atoms with E-state index in [0.717, 1.165) is 128 Å². The maximum Gasteiger partial charge on any atom is 0.0892 e. The van der Waals surface area contributed by atoms with Crippen LogP contribution in [0.2, 0.25) is 0 Å². The Balaban J connectivity index is 1.23. The molecule has 0 amide bonds. The van der Waals surface area contributed by atoms with E-state index in [-0.39, 0.29) is 6.10 Å². The number of anilines is 2. The Bertz CT molecular complexity index is 1250. The van der Waals surface area contributed by atoms with Crippen molar-refractivity contribution in [3.8, 4) is 0 Å². The van der Waals surface area contributed by atoms with Crippen LogP contribution in [0.3, 0.4) is 0 Å². The summed E-state index contributed by atoms with van der Waals surface area (Å²) in [5.41, 5.74) is 14.2. The average Bonchev–Trinajstić information content (AvgIpc) is 3.13. The molecule has 0 atom stereocenters. The van der Waals surface area contributed by atoms with Gasteiger partial charge in [-0.3, -0.25) is 4.90 Å². The van der Waals surface area contributed by atoms with Crippen molar-refractivity contribution < 1.29 is 9.84 Å².